The van der Waals surface area contributed by atoms with E-state index in [1.165, 1.54) is 12.8 Å². The molecule has 2 amide bonds. The van der Waals surface area contributed by atoms with E-state index in [9.17, 15) is 9.59 Å². The molecule has 0 unspecified atom stereocenters. The Balaban J connectivity index is 1.37. The number of allylic oxidation sites excluding steroid dienone is 2. The van der Waals surface area contributed by atoms with Crippen molar-refractivity contribution in [1.29, 1.82) is 0 Å². The fraction of sp³-hybridized carbons (Fsp3) is 0.519. The van der Waals surface area contributed by atoms with Crippen molar-refractivity contribution in [3.8, 4) is 0 Å². The maximum atomic E-state index is 12.3. The number of hydrogen-bond donors (Lipinski definition) is 3. The zero-order chi connectivity index (χ0) is 25.0. The van der Waals surface area contributed by atoms with Crippen LogP contribution >= 0.6 is 0 Å². The van der Waals surface area contributed by atoms with Crippen LogP contribution in [0.25, 0.3) is 0 Å². The standard InChI is InChI=1S/C27H40N6O2/c1-21(29-20-24-10-17-33(18-11-24)23(3)34)9-13-28-22(2)30-25-7-6-8-26(19-25)31-27(35)12-16-32-14-4-5-15-32/h6-9,13,19,24,29-30H,2,4-5,10-12,14-18,20H2,1,3H3,(H,31,35)/b21-9+,28-13-. The molecule has 0 atom stereocenters. The van der Waals surface area contributed by atoms with Gasteiger partial charge in [-0.3, -0.25) is 9.59 Å². The Hall–Kier alpha value is -3.13. The van der Waals surface area contributed by atoms with Gasteiger partial charge < -0.3 is 25.8 Å². The van der Waals surface area contributed by atoms with Gasteiger partial charge in [0.2, 0.25) is 11.8 Å². The molecule has 2 fully saturated rings. The monoisotopic (exact) mass is 480 g/mol. The Bertz CT molecular complexity index is 927. The second kappa shape index (κ2) is 13.7. The average Bonchev–Trinajstić information content (AvgIpc) is 3.36. The van der Waals surface area contributed by atoms with Crippen LogP contribution in [0.1, 0.15) is 46.0 Å². The van der Waals surface area contributed by atoms with E-state index in [0.717, 1.165) is 69.2 Å². The molecule has 0 radical (unpaired) electrons. The summed E-state index contributed by atoms with van der Waals surface area (Å²) < 4.78 is 0. The zero-order valence-electron chi connectivity index (χ0n) is 21.2. The smallest absolute Gasteiger partial charge is 0.225 e. The summed E-state index contributed by atoms with van der Waals surface area (Å²) in [5.41, 5.74) is 2.61. The molecule has 190 valence electrons. The number of nitrogens with one attached hydrogen (secondary N) is 3. The molecule has 2 aliphatic heterocycles. The fourth-order valence-electron chi connectivity index (χ4n) is 4.42. The van der Waals surface area contributed by atoms with E-state index in [-0.39, 0.29) is 11.8 Å². The van der Waals surface area contributed by atoms with E-state index in [2.05, 4.69) is 32.4 Å². The summed E-state index contributed by atoms with van der Waals surface area (Å²) in [6, 6.07) is 7.58. The summed E-state index contributed by atoms with van der Waals surface area (Å²) in [6.07, 6.45) is 8.69. The van der Waals surface area contributed by atoms with Crippen molar-refractivity contribution < 1.29 is 9.59 Å². The minimum atomic E-state index is 0.0309. The third kappa shape index (κ3) is 9.56. The van der Waals surface area contributed by atoms with Crippen LogP contribution in [0.15, 0.2) is 53.4 Å². The number of nitrogens with zero attached hydrogens (tertiary/aromatic N) is 3. The van der Waals surface area contributed by atoms with Crippen molar-refractivity contribution in [2.45, 2.75) is 46.0 Å². The van der Waals surface area contributed by atoms with Gasteiger partial charge in [-0.15, -0.1) is 0 Å². The summed E-state index contributed by atoms with van der Waals surface area (Å²) in [4.78, 5) is 32.3. The molecule has 0 aromatic heterocycles. The maximum Gasteiger partial charge on any atom is 0.225 e. The fourth-order valence-corrected chi connectivity index (χ4v) is 4.42. The molecule has 0 saturated carbocycles. The summed E-state index contributed by atoms with van der Waals surface area (Å²) >= 11 is 0. The number of carbonyl (C=O) groups is 2. The lowest BCUT2D eigenvalue weighted by Gasteiger charge is -2.31. The topological polar surface area (TPSA) is 89.1 Å². The molecule has 8 nitrogen and oxygen atoms in total. The highest BCUT2D eigenvalue weighted by Crippen LogP contribution is 2.18. The number of benzene rings is 1. The minimum Gasteiger partial charge on any atom is -0.388 e. The Kier molecular flexibility index (Phi) is 10.3. The number of likely N-dealkylation sites (tertiary alicyclic amines) is 2. The summed E-state index contributed by atoms with van der Waals surface area (Å²) in [7, 11) is 0. The van der Waals surface area contributed by atoms with E-state index in [0.29, 0.717) is 18.2 Å². The van der Waals surface area contributed by atoms with Crippen LogP contribution in [-0.2, 0) is 9.59 Å². The second-order valence-corrected chi connectivity index (χ2v) is 9.46. The van der Waals surface area contributed by atoms with E-state index in [4.69, 9.17) is 0 Å². The van der Waals surface area contributed by atoms with Gasteiger partial charge >= 0.3 is 0 Å². The largest absolute Gasteiger partial charge is 0.388 e. The first-order valence-electron chi connectivity index (χ1n) is 12.7. The van der Waals surface area contributed by atoms with Gasteiger partial charge in [-0.25, -0.2) is 4.99 Å². The molecule has 2 heterocycles. The Morgan fingerprint density at radius 3 is 2.46 bits per heavy atom. The Labute approximate surface area is 209 Å². The number of hydrogen-bond acceptors (Lipinski definition) is 6. The van der Waals surface area contributed by atoms with Gasteiger partial charge in [-0.1, -0.05) is 12.6 Å². The number of carbonyl (C=O) groups excluding carboxylic acids is 2. The number of rotatable bonds is 11. The van der Waals surface area contributed by atoms with Crippen molar-refractivity contribution in [3.63, 3.8) is 0 Å². The lowest BCUT2D eigenvalue weighted by molar-refractivity contribution is -0.130. The number of piperidine rings is 1. The van der Waals surface area contributed by atoms with Gasteiger partial charge in [0.1, 0.15) is 5.82 Å². The first kappa shape index (κ1) is 26.5. The van der Waals surface area contributed by atoms with Crippen LogP contribution < -0.4 is 16.0 Å². The maximum absolute atomic E-state index is 12.3. The zero-order valence-corrected chi connectivity index (χ0v) is 21.2. The van der Waals surface area contributed by atoms with Gasteiger partial charge in [-0.05, 0) is 75.9 Å². The number of anilines is 2. The van der Waals surface area contributed by atoms with Crippen molar-refractivity contribution in [3.05, 3.63) is 48.4 Å². The third-order valence-corrected chi connectivity index (χ3v) is 6.57. The molecular formula is C27H40N6O2. The van der Waals surface area contributed by atoms with Crippen LogP contribution in [0.2, 0.25) is 0 Å². The van der Waals surface area contributed by atoms with Gasteiger partial charge in [0.05, 0.1) is 0 Å². The Morgan fingerprint density at radius 2 is 1.77 bits per heavy atom. The van der Waals surface area contributed by atoms with Crippen molar-refractivity contribution in [2.75, 3.05) is 49.9 Å². The lowest BCUT2D eigenvalue weighted by atomic mass is 9.96. The predicted molar refractivity (Wildman–Crippen MR) is 143 cm³/mol. The van der Waals surface area contributed by atoms with Crippen molar-refractivity contribution in [2.24, 2.45) is 10.9 Å². The van der Waals surface area contributed by atoms with Crippen LogP contribution in [0.3, 0.4) is 0 Å². The highest BCUT2D eigenvalue weighted by Gasteiger charge is 2.20. The summed E-state index contributed by atoms with van der Waals surface area (Å²) in [6.45, 7) is 13.2. The van der Waals surface area contributed by atoms with E-state index in [1.807, 2.05) is 42.2 Å². The molecule has 3 N–H and O–H groups in total. The van der Waals surface area contributed by atoms with Crippen LogP contribution in [0.4, 0.5) is 11.4 Å². The molecule has 0 aliphatic carbocycles. The lowest BCUT2D eigenvalue weighted by Crippen LogP contribution is -2.39. The van der Waals surface area contributed by atoms with Crippen LogP contribution in [-0.4, -0.2) is 67.1 Å². The van der Waals surface area contributed by atoms with Gasteiger partial charge in [0.15, 0.2) is 0 Å². The summed E-state index contributed by atoms with van der Waals surface area (Å²) in [5.74, 6) is 1.30. The molecule has 35 heavy (non-hydrogen) atoms. The highest BCUT2D eigenvalue weighted by molar-refractivity contribution is 5.91. The second-order valence-electron chi connectivity index (χ2n) is 9.46. The Morgan fingerprint density at radius 1 is 1.09 bits per heavy atom. The highest BCUT2D eigenvalue weighted by atomic mass is 16.2. The number of aliphatic imine (C=N–C) groups is 1. The van der Waals surface area contributed by atoms with E-state index < -0.39 is 0 Å². The first-order valence-corrected chi connectivity index (χ1v) is 12.7. The number of amides is 2. The molecule has 2 aliphatic rings. The predicted octanol–water partition coefficient (Wildman–Crippen LogP) is 3.82. The van der Waals surface area contributed by atoms with Gasteiger partial charge in [0.25, 0.3) is 0 Å². The minimum absolute atomic E-state index is 0.0309. The molecule has 2 saturated heterocycles. The van der Waals surface area contributed by atoms with Crippen molar-refractivity contribution in [1.82, 2.24) is 15.1 Å². The van der Waals surface area contributed by atoms with Gasteiger partial charge in [0, 0.05) is 62.8 Å². The van der Waals surface area contributed by atoms with E-state index in [1.54, 1.807) is 13.1 Å². The third-order valence-electron chi connectivity index (χ3n) is 6.57. The molecule has 3 rings (SSSR count). The van der Waals surface area contributed by atoms with Crippen LogP contribution in [0, 0.1) is 5.92 Å². The van der Waals surface area contributed by atoms with Crippen molar-refractivity contribution >= 4 is 29.4 Å². The normalized spacial score (nSPS) is 17.5. The molecule has 0 spiro atoms. The first-order chi connectivity index (χ1) is 16.9. The average molecular weight is 481 g/mol. The molecule has 1 aromatic rings. The molecule has 1 aromatic carbocycles. The summed E-state index contributed by atoms with van der Waals surface area (Å²) in [5, 5.41) is 9.59. The molecule has 8 heteroatoms. The SMILES string of the molecule is C=C(/N=C\C=C(/C)NCC1CCN(C(C)=O)CC1)Nc1cccc(NC(=O)CCN2CCCC2)c1. The molecular weight excluding hydrogens is 440 g/mol. The molecule has 0 bridgehead atoms. The van der Waals surface area contributed by atoms with Gasteiger partial charge in [-0.2, -0.15) is 0 Å². The van der Waals surface area contributed by atoms with Crippen LogP contribution in [0.5, 0.6) is 0 Å². The van der Waals surface area contributed by atoms with E-state index >= 15 is 0 Å². The quantitative estimate of drug-likeness (QED) is 0.419.